The van der Waals surface area contributed by atoms with Crippen molar-refractivity contribution in [2.75, 3.05) is 44.9 Å². The van der Waals surface area contributed by atoms with Crippen molar-refractivity contribution in [3.63, 3.8) is 0 Å². The van der Waals surface area contributed by atoms with E-state index in [1.807, 2.05) is 9.80 Å². The molecule has 2 fully saturated rings. The number of benzene rings is 2. The number of imide groups is 1. The molecule has 0 saturated carbocycles. The highest BCUT2D eigenvalue weighted by atomic mass is 19.4. The van der Waals surface area contributed by atoms with E-state index in [0.717, 1.165) is 23.1 Å². The molecule has 2 aromatic carbocycles. The smallest absolute Gasteiger partial charge is 0.416 e. The highest BCUT2D eigenvalue weighted by Crippen LogP contribution is 2.33. The molecule has 33 heavy (non-hydrogen) atoms. The van der Waals surface area contributed by atoms with Crippen molar-refractivity contribution < 1.29 is 31.9 Å². The molecule has 3 amide bonds. The van der Waals surface area contributed by atoms with Crippen molar-refractivity contribution in [2.45, 2.75) is 12.2 Å². The maximum Gasteiger partial charge on any atom is 0.416 e. The van der Waals surface area contributed by atoms with Gasteiger partial charge in [0.2, 0.25) is 0 Å². The van der Waals surface area contributed by atoms with Crippen molar-refractivity contribution in [3.05, 3.63) is 59.4 Å². The summed E-state index contributed by atoms with van der Waals surface area (Å²) >= 11 is 0. The Hall–Kier alpha value is -3.34. The number of hydrogen-bond acceptors (Lipinski definition) is 5. The molecule has 176 valence electrons. The van der Waals surface area contributed by atoms with Crippen LogP contribution in [0.1, 0.15) is 17.2 Å². The van der Waals surface area contributed by atoms with Crippen LogP contribution in [-0.4, -0.2) is 61.7 Å². The average molecular weight is 466 g/mol. The summed E-state index contributed by atoms with van der Waals surface area (Å²) in [6, 6.07) is 7.22. The second-order valence-electron chi connectivity index (χ2n) is 7.83. The van der Waals surface area contributed by atoms with E-state index in [2.05, 4.69) is 5.32 Å². The number of nitrogens with zero attached hydrogens (tertiary/aromatic N) is 3. The molecule has 7 nitrogen and oxygen atoms in total. The lowest BCUT2D eigenvalue weighted by molar-refractivity contribution is -0.137. The monoisotopic (exact) mass is 466 g/mol. The lowest BCUT2D eigenvalue weighted by Crippen LogP contribution is -2.51. The third kappa shape index (κ3) is 4.72. The van der Waals surface area contributed by atoms with Gasteiger partial charge in [-0.1, -0.05) is 6.07 Å². The lowest BCUT2D eigenvalue weighted by Gasteiger charge is -2.37. The maximum atomic E-state index is 13.7. The minimum Gasteiger partial charge on any atom is -0.496 e. The van der Waals surface area contributed by atoms with Crippen LogP contribution in [0.2, 0.25) is 0 Å². The number of methoxy groups -OCH3 is 1. The van der Waals surface area contributed by atoms with Crippen molar-refractivity contribution >= 4 is 17.6 Å². The van der Waals surface area contributed by atoms with Gasteiger partial charge in [0.05, 0.1) is 19.3 Å². The van der Waals surface area contributed by atoms with E-state index in [9.17, 15) is 27.2 Å². The van der Waals surface area contributed by atoms with Crippen LogP contribution < -0.4 is 15.0 Å². The Morgan fingerprint density at radius 3 is 2.45 bits per heavy atom. The summed E-state index contributed by atoms with van der Waals surface area (Å²) in [5.41, 5.74) is -0.00831. The number of ether oxygens (including phenoxy) is 1. The molecule has 1 unspecified atom stereocenters. The van der Waals surface area contributed by atoms with Crippen LogP contribution in [0.4, 0.5) is 28.0 Å². The lowest BCUT2D eigenvalue weighted by atomic mass is 10.1. The zero-order valence-corrected chi connectivity index (χ0v) is 17.7. The van der Waals surface area contributed by atoms with Gasteiger partial charge in [0.15, 0.2) is 0 Å². The Morgan fingerprint density at radius 2 is 1.79 bits per heavy atom. The largest absolute Gasteiger partial charge is 0.496 e. The Morgan fingerprint density at radius 1 is 1.06 bits per heavy atom. The van der Waals surface area contributed by atoms with Gasteiger partial charge < -0.3 is 15.0 Å². The molecule has 2 saturated heterocycles. The van der Waals surface area contributed by atoms with Crippen LogP contribution in [0.5, 0.6) is 5.75 Å². The molecule has 0 aromatic heterocycles. The van der Waals surface area contributed by atoms with Crippen molar-refractivity contribution in [1.29, 1.82) is 0 Å². The first-order valence-corrected chi connectivity index (χ1v) is 10.3. The Labute approximate surface area is 187 Å². The van der Waals surface area contributed by atoms with Gasteiger partial charge >= 0.3 is 12.2 Å². The molecule has 2 aliphatic heterocycles. The van der Waals surface area contributed by atoms with Crippen molar-refractivity contribution in [1.82, 2.24) is 15.1 Å². The van der Waals surface area contributed by atoms with Crippen LogP contribution in [0, 0.1) is 5.82 Å². The molecule has 2 aromatic rings. The van der Waals surface area contributed by atoms with Crippen LogP contribution in [0.15, 0.2) is 42.5 Å². The van der Waals surface area contributed by atoms with E-state index >= 15 is 0 Å². The summed E-state index contributed by atoms with van der Waals surface area (Å²) in [4.78, 5) is 30.1. The molecule has 0 bridgehead atoms. The van der Waals surface area contributed by atoms with Gasteiger partial charge in [0, 0.05) is 37.4 Å². The molecule has 4 rings (SSSR count). The fourth-order valence-electron chi connectivity index (χ4n) is 4.02. The Bertz CT molecular complexity index is 1050. The summed E-state index contributed by atoms with van der Waals surface area (Å²) < 4.78 is 57.9. The Kier molecular flexibility index (Phi) is 6.15. The van der Waals surface area contributed by atoms with E-state index in [-0.39, 0.29) is 18.0 Å². The highest BCUT2D eigenvalue weighted by Gasteiger charge is 2.41. The molecule has 0 radical (unpaired) electrons. The van der Waals surface area contributed by atoms with E-state index in [1.54, 1.807) is 6.07 Å². The van der Waals surface area contributed by atoms with E-state index < -0.39 is 35.5 Å². The molecular formula is C22H22F4N4O3. The molecule has 1 N–H and O–H groups in total. The second-order valence-corrected chi connectivity index (χ2v) is 7.83. The predicted molar refractivity (Wildman–Crippen MR) is 111 cm³/mol. The number of halogens is 4. The number of rotatable bonds is 5. The van der Waals surface area contributed by atoms with Crippen LogP contribution in [0.3, 0.4) is 0 Å². The van der Waals surface area contributed by atoms with Crippen molar-refractivity contribution in [2.24, 2.45) is 0 Å². The standard InChI is InChI=1S/C22H22F4N4O3/c1-33-18-6-5-15(23)12-17(18)19-20(31)30(21(32)27-19)13-28-7-9-29(10-8-28)16-4-2-3-14(11-16)22(24,25)26/h2-6,11-12,19H,7-10,13H2,1H3,(H,27,32). The number of anilines is 1. The van der Waals surface area contributed by atoms with Gasteiger partial charge in [-0.2, -0.15) is 13.2 Å². The number of piperazine rings is 1. The van der Waals surface area contributed by atoms with Gasteiger partial charge in [0.1, 0.15) is 17.6 Å². The van der Waals surface area contributed by atoms with E-state index in [1.165, 1.54) is 25.3 Å². The average Bonchev–Trinajstić information content (AvgIpc) is 3.07. The fraction of sp³-hybridized carbons (Fsp3) is 0.364. The SMILES string of the molecule is COc1ccc(F)cc1C1NC(=O)N(CN2CCN(c3cccc(C(F)(F)F)c3)CC2)C1=O. The summed E-state index contributed by atoms with van der Waals surface area (Å²) in [7, 11) is 1.39. The zero-order chi connectivity index (χ0) is 23.8. The van der Waals surface area contributed by atoms with Crippen LogP contribution in [0.25, 0.3) is 0 Å². The summed E-state index contributed by atoms with van der Waals surface area (Å²) in [6.45, 7) is 1.79. The number of amides is 3. The van der Waals surface area contributed by atoms with E-state index in [0.29, 0.717) is 31.9 Å². The quantitative estimate of drug-likeness (QED) is 0.542. The molecule has 11 heteroatoms. The van der Waals surface area contributed by atoms with Gasteiger partial charge in [-0.3, -0.25) is 9.69 Å². The number of hydrogen-bond donors (Lipinski definition) is 1. The minimum absolute atomic E-state index is 0.0230. The third-order valence-electron chi connectivity index (χ3n) is 5.78. The van der Waals surface area contributed by atoms with Crippen LogP contribution >= 0.6 is 0 Å². The van der Waals surface area contributed by atoms with E-state index in [4.69, 9.17) is 4.74 Å². The highest BCUT2D eigenvalue weighted by molar-refractivity contribution is 6.04. The number of carbonyl (C=O) groups excluding carboxylic acids is 2. The molecule has 2 heterocycles. The normalized spacial score (nSPS) is 19.7. The first-order chi connectivity index (χ1) is 15.7. The zero-order valence-electron chi connectivity index (χ0n) is 17.7. The third-order valence-corrected chi connectivity index (χ3v) is 5.78. The molecule has 0 spiro atoms. The number of alkyl halides is 3. The topological polar surface area (TPSA) is 65.1 Å². The molecule has 2 aliphatic rings. The molecule has 1 atom stereocenters. The van der Waals surface area contributed by atoms with Gasteiger partial charge in [-0.25, -0.2) is 14.1 Å². The predicted octanol–water partition coefficient (Wildman–Crippen LogP) is 3.23. The summed E-state index contributed by atoms with van der Waals surface area (Å²) in [6.07, 6.45) is -4.41. The second kappa shape index (κ2) is 8.89. The summed E-state index contributed by atoms with van der Waals surface area (Å²) in [5, 5.41) is 2.56. The number of carbonyl (C=O) groups is 2. The number of nitrogens with one attached hydrogen (secondary N) is 1. The van der Waals surface area contributed by atoms with Crippen molar-refractivity contribution in [3.8, 4) is 5.75 Å². The first-order valence-electron chi connectivity index (χ1n) is 10.3. The van der Waals surface area contributed by atoms with Crippen LogP contribution in [-0.2, 0) is 11.0 Å². The number of urea groups is 1. The molecule has 0 aliphatic carbocycles. The maximum absolute atomic E-state index is 13.7. The fourth-order valence-corrected chi connectivity index (χ4v) is 4.02. The van der Waals surface area contributed by atoms with Gasteiger partial charge in [-0.05, 0) is 36.4 Å². The summed E-state index contributed by atoms with van der Waals surface area (Å²) in [5.74, 6) is -0.798. The van der Waals surface area contributed by atoms with Gasteiger partial charge in [-0.15, -0.1) is 0 Å². The minimum atomic E-state index is -4.41. The first kappa shape index (κ1) is 22.8. The Balaban J connectivity index is 1.40. The van der Waals surface area contributed by atoms with Gasteiger partial charge in [0.25, 0.3) is 5.91 Å². The molecular weight excluding hydrogens is 444 g/mol.